The van der Waals surface area contributed by atoms with Gasteiger partial charge in [-0.2, -0.15) is 0 Å². The molecule has 0 bridgehead atoms. The van der Waals surface area contributed by atoms with E-state index in [1.54, 1.807) is 0 Å². The van der Waals surface area contributed by atoms with Gasteiger partial charge in [0, 0.05) is 10.5 Å². The second-order valence-electron chi connectivity index (χ2n) is 6.58. The van der Waals surface area contributed by atoms with Crippen LogP contribution >= 0.6 is 15.9 Å². The zero-order chi connectivity index (χ0) is 15.1. The third kappa shape index (κ3) is 5.41. The topological polar surface area (TPSA) is 12.0 Å². The van der Waals surface area contributed by atoms with E-state index < -0.39 is 0 Å². The first-order valence-corrected chi connectivity index (χ1v) is 9.50. The van der Waals surface area contributed by atoms with Crippen LogP contribution in [0.15, 0.2) is 28.7 Å². The molecule has 2 heteroatoms. The number of nitrogens with one attached hydrogen (secondary N) is 1. The molecule has 0 aliphatic heterocycles. The Hall–Kier alpha value is -0.340. The van der Waals surface area contributed by atoms with E-state index in [0.717, 1.165) is 18.4 Å². The van der Waals surface area contributed by atoms with Crippen LogP contribution in [-0.4, -0.2) is 12.6 Å². The minimum absolute atomic E-state index is 0.650. The average Bonchev–Trinajstić information content (AvgIpc) is 2.51. The second kappa shape index (κ2) is 8.95. The molecule has 1 N–H and O–H groups in total. The first kappa shape index (κ1) is 17.0. The largest absolute Gasteiger partial charge is 0.313 e. The molecule has 0 spiro atoms. The molecule has 1 atom stereocenters. The predicted octanol–water partition coefficient (Wildman–Crippen LogP) is 5.58. The van der Waals surface area contributed by atoms with Crippen molar-refractivity contribution in [3.63, 3.8) is 0 Å². The Balaban J connectivity index is 1.97. The van der Waals surface area contributed by atoms with Gasteiger partial charge >= 0.3 is 0 Å². The summed E-state index contributed by atoms with van der Waals surface area (Å²) in [5, 5.41) is 3.82. The van der Waals surface area contributed by atoms with E-state index in [-0.39, 0.29) is 0 Å². The quantitative estimate of drug-likeness (QED) is 0.676. The monoisotopic (exact) mass is 351 g/mol. The van der Waals surface area contributed by atoms with E-state index in [9.17, 15) is 0 Å². The van der Waals surface area contributed by atoms with E-state index in [2.05, 4.69) is 59.4 Å². The molecule has 1 aliphatic rings. The molecule has 118 valence electrons. The molecule has 0 heterocycles. The Morgan fingerprint density at radius 3 is 2.57 bits per heavy atom. The van der Waals surface area contributed by atoms with E-state index in [0.29, 0.717) is 6.04 Å². The zero-order valence-corrected chi connectivity index (χ0v) is 15.2. The predicted molar refractivity (Wildman–Crippen MR) is 95.7 cm³/mol. The summed E-state index contributed by atoms with van der Waals surface area (Å²) < 4.78 is 1.20. The second-order valence-corrected chi connectivity index (χ2v) is 7.50. The van der Waals surface area contributed by atoms with Gasteiger partial charge in [0.05, 0.1) is 0 Å². The molecule has 0 saturated heterocycles. The van der Waals surface area contributed by atoms with Crippen LogP contribution in [0.4, 0.5) is 0 Å². The highest BCUT2D eigenvalue weighted by Gasteiger charge is 2.26. The van der Waals surface area contributed by atoms with Crippen molar-refractivity contribution < 1.29 is 0 Å². The third-order valence-corrected chi connectivity index (χ3v) is 5.53. The molecule has 1 aromatic rings. The van der Waals surface area contributed by atoms with Gasteiger partial charge in [0.15, 0.2) is 0 Å². The summed E-state index contributed by atoms with van der Waals surface area (Å²) >= 11 is 3.60. The number of hydrogen-bond donors (Lipinski definition) is 1. The van der Waals surface area contributed by atoms with Gasteiger partial charge in [-0.3, -0.25) is 0 Å². The highest BCUT2D eigenvalue weighted by atomic mass is 79.9. The van der Waals surface area contributed by atoms with Crippen LogP contribution in [0.3, 0.4) is 0 Å². The number of hydrogen-bond acceptors (Lipinski definition) is 1. The molecule has 1 unspecified atom stereocenters. The molecule has 1 aromatic carbocycles. The fraction of sp³-hybridized carbons (Fsp3) is 0.684. The van der Waals surface area contributed by atoms with E-state index in [1.807, 2.05) is 0 Å². The van der Waals surface area contributed by atoms with Crippen molar-refractivity contribution in [1.29, 1.82) is 0 Å². The first-order valence-electron chi connectivity index (χ1n) is 8.70. The molecular weight excluding hydrogens is 322 g/mol. The van der Waals surface area contributed by atoms with Gasteiger partial charge in [0.25, 0.3) is 0 Å². The molecular formula is C19H30BrN. The number of benzene rings is 1. The van der Waals surface area contributed by atoms with E-state index in [1.165, 1.54) is 55.0 Å². The molecule has 2 rings (SSSR count). The van der Waals surface area contributed by atoms with Crippen LogP contribution in [-0.2, 0) is 6.42 Å². The maximum Gasteiger partial charge on any atom is 0.0178 e. The van der Waals surface area contributed by atoms with Crippen LogP contribution < -0.4 is 5.32 Å². The number of halogens is 1. The van der Waals surface area contributed by atoms with Crippen molar-refractivity contribution in [3.8, 4) is 0 Å². The minimum atomic E-state index is 0.650. The fourth-order valence-corrected chi connectivity index (χ4v) is 4.10. The van der Waals surface area contributed by atoms with Crippen LogP contribution in [0.25, 0.3) is 0 Å². The van der Waals surface area contributed by atoms with Gasteiger partial charge in [-0.05, 0) is 61.8 Å². The lowest BCUT2D eigenvalue weighted by atomic mass is 9.76. The summed E-state index contributed by atoms with van der Waals surface area (Å²) in [4.78, 5) is 0. The lowest BCUT2D eigenvalue weighted by Crippen LogP contribution is -2.40. The van der Waals surface area contributed by atoms with Gasteiger partial charge in [0.1, 0.15) is 0 Å². The van der Waals surface area contributed by atoms with Crippen molar-refractivity contribution in [1.82, 2.24) is 5.32 Å². The van der Waals surface area contributed by atoms with Crippen LogP contribution in [0.1, 0.15) is 57.9 Å². The fourth-order valence-electron chi connectivity index (χ4n) is 3.65. The molecule has 0 amide bonds. The molecule has 1 nitrogen and oxygen atoms in total. The van der Waals surface area contributed by atoms with Gasteiger partial charge in [-0.15, -0.1) is 0 Å². The minimum Gasteiger partial charge on any atom is -0.313 e. The highest BCUT2D eigenvalue weighted by molar-refractivity contribution is 9.10. The SMILES string of the molecule is CCCNC(Cc1cccc(Br)c1)C1CCC(CC)CC1. The molecule has 0 radical (unpaired) electrons. The Morgan fingerprint density at radius 2 is 1.95 bits per heavy atom. The summed E-state index contributed by atoms with van der Waals surface area (Å²) in [6.45, 7) is 5.75. The standard InChI is InChI=1S/C19H30BrN/c1-3-12-21-19(14-16-6-5-7-18(20)13-16)17-10-8-15(4-2)9-11-17/h5-7,13,15,17,19,21H,3-4,8-12,14H2,1-2H3. The number of rotatable bonds is 7. The Bertz CT molecular complexity index is 410. The highest BCUT2D eigenvalue weighted by Crippen LogP contribution is 2.33. The summed E-state index contributed by atoms with van der Waals surface area (Å²) in [5.74, 6) is 1.84. The van der Waals surface area contributed by atoms with Gasteiger partial charge in [0.2, 0.25) is 0 Å². The van der Waals surface area contributed by atoms with E-state index in [4.69, 9.17) is 0 Å². The van der Waals surface area contributed by atoms with Crippen LogP contribution in [0, 0.1) is 11.8 Å². The van der Waals surface area contributed by atoms with Gasteiger partial charge in [-0.1, -0.05) is 61.2 Å². The Morgan fingerprint density at radius 1 is 1.19 bits per heavy atom. The molecule has 0 aromatic heterocycles. The third-order valence-electron chi connectivity index (χ3n) is 5.04. The van der Waals surface area contributed by atoms with E-state index >= 15 is 0 Å². The van der Waals surface area contributed by atoms with Gasteiger partial charge < -0.3 is 5.32 Å². The first-order chi connectivity index (χ1) is 10.2. The van der Waals surface area contributed by atoms with Gasteiger partial charge in [-0.25, -0.2) is 0 Å². The van der Waals surface area contributed by atoms with Crippen LogP contribution in [0.5, 0.6) is 0 Å². The van der Waals surface area contributed by atoms with Crippen LogP contribution in [0.2, 0.25) is 0 Å². The smallest absolute Gasteiger partial charge is 0.0178 e. The lowest BCUT2D eigenvalue weighted by Gasteiger charge is -2.34. The lowest BCUT2D eigenvalue weighted by molar-refractivity contribution is 0.216. The summed E-state index contributed by atoms with van der Waals surface area (Å²) in [6, 6.07) is 9.47. The zero-order valence-electron chi connectivity index (χ0n) is 13.6. The van der Waals surface area contributed by atoms with Crippen molar-refractivity contribution >= 4 is 15.9 Å². The summed E-state index contributed by atoms with van der Waals surface area (Å²) in [6.07, 6.45) is 9.45. The van der Waals surface area contributed by atoms with Crippen molar-refractivity contribution in [3.05, 3.63) is 34.3 Å². The van der Waals surface area contributed by atoms with Crippen molar-refractivity contribution in [2.45, 2.75) is 64.8 Å². The normalized spacial score (nSPS) is 24.0. The average molecular weight is 352 g/mol. The molecule has 1 aliphatic carbocycles. The molecule has 1 saturated carbocycles. The maximum absolute atomic E-state index is 3.82. The molecule has 21 heavy (non-hydrogen) atoms. The summed E-state index contributed by atoms with van der Waals surface area (Å²) in [5.41, 5.74) is 1.45. The Labute approximate surface area is 139 Å². The van der Waals surface area contributed by atoms with Crippen molar-refractivity contribution in [2.75, 3.05) is 6.54 Å². The molecule has 1 fully saturated rings. The summed E-state index contributed by atoms with van der Waals surface area (Å²) in [7, 11) is 0. The Kier molecular flexibility index (Phi) is 7.25. The maximum atomic E-state index is 3.82. The van der Waals surface area contributed by atoms with Crippen molar-refractivity contribution in [2.24, 2.45) is 11.8 Å².